The summed E-state index contributed by atoms with van der Waals surface area (Å²) >= 11 is 1.71. The molecule has 1 saturated heterocycles. The lowest BCUT2D eigenvalue weighted by Gasteiger charge is -2.17. The Hall–Kier alpha value is -3.99. The Morgan fingerprint density at radius 3 is 2.77 bits per heavy atom. The second-order valence-corrected chi connectivity index (χ2v) is 12.7. The average Bonchev–Trinajstić information content (AvgIpc) is 3.60. The van der Waals surface area contributed by atoms with E-state index < -0.39 is 5.92 Å². The fraction of sp³-hybridized carbons (Fsp3) is 0.273. The Bertz CT molecular complexity index is 1810. The third-order valence-corrected chi connectivity index (χ3v) is 9.18. The number of pyridine rings is 1. The third-order valence-electron chi connectivity index (χ3n) is 8.15. The zero-order valence-electron chi connectivity index (χ0n) is 23.7. The summed E-state index contributed by atoms with van der Waals surface area (Å²) < 4.78 is 43.1. The number of likely N-dealkylation sites (tertiary alicyclic amines) is 1. The maximum absolute atomic E-state index is 15.6. The zero-order valence-corrected chi connectivity index (χ0v) is 24.5. The van der Waals surface area contributed by atoms with Gasteiger partial charge < -0.3 is 16.0 Å². The van der Waals surface area contributed by atoms with Gasteiger partial charge in [-0.3, -0.25) is 9.88 Å². The number of allylic oxidation sites excluding steroid dienone is 3. The molecule has 1 aromatic carbocycles. The van der Waals surface area contributed by atoms with Crippen LogP contribution >= 0.6 is 11.3 Å². The Morgan fingerprint density at radius 2 is 1.98 bits per heavy atom. The predicted octanol–water partition coefficient (Wildman–Crippen LogP) is 6.19. The molecule has 0 atom stereocenters. The van der Waals surface area contributed by atoms with Crippen LogP contribution in [-0.4, -0.2) is 45.4 Å². The Kier molecular flexibility index (Phi) is 7.07. The number of H-pyrrole nitrogens is 1. The van der Waals surface area contributed by atoms with E-state index in [0.717, 1.165) is 49.8 Å². The first-order chi connectivity index (χ1) is 20.7. The number of thiophene rings is 1. The van der Waals surface area contributed by atoms with Gasteiger partial charge in [0.05, 0.1) is 12.2 Å². The van der Waals surface area contributed by atoms with Crippen molar-refractivity contribution in [1.29, 1.82) is 0 Å². The number of hydrogen-bond acceptors (Lipinski definition) is 6. The number of aromatic nitrogens is 3. The van der Waals surface area contributed by atoms with Crippen LogP contribution in [0.5, 0.6) is 0 Å². The molecule has 0 unspecified atom stereocenters. The molecule has 1 aliphatic carbocycles. The highest BCUT2D eigenvalue weighted by Crippen LogP contribution is 2.37. The van der Waals surface area contributed by atoms with E-state index in [1.54, 1.807) is 34.7 Å². The monoisotopic (exact) mass is 600 g/mol. The topological polar surface area (TPSA) is 82.9 Å². The SMILES string of the molecule is Cc1ccc(C2=CC=C(N)Cc3[nH]c(C4=CCNCc5cc(F)c(-c6cncc(CN7CCC(F)(F)C7)c6)cc54)nc32)s1. The van der Waals surface area contributed by atoms with Crippen molar-refractivity contribution in [2.45, 2.75) is 38.8 Å². The van der Waals surface area contributed by atoms with Gasteiger partial charge in [-0.25, -0.2) is 18.2 Å². The molecule has 3 aliphatic rings. The maximum Gasteiger partial charge on any atom is 0.261 e. The quantitative estimate of drug-likeness (QED) is 0.255. The summed E-state index contributed by atoms with van der Waals surface area (Å²) in [6, 6.07) is 9.48. The van der Waals surface area contributed by atoms with Crippen LogP contribution in [0.1, 0.15) is 50.1 Å². The number of benzene rings is 1. The summed E-state index contributed by atoms with van der Waals surface area (Å²) in [5, 5.41) is 3.36. The number of nitrogens with one attached hydrogen (secondary N) is 2. The van der Waals surface area contributed by atoms with E-state index in [1.807, 2.05) is 24.3 Å². The maximum atomic E-state index is 15.6. The first kappa shape index (κ1) is 27.8. The van der Waals surface area contributed by atoms with Crippen molar-refractivity contribution in [2.75, 3.05) is 19.6 Å². The number of rotatable bonds is 5. The Morgan fingerprint density at radius 1 is 1.09 bits per heavy atom. The minimum atomic E-state index is -2.67. The summed E-state index contributed by atoms with van der Waals surface area (Å²) in [6.45, 7) is 3.57. The zero-order chi connectivity index (χ0) is 29.7. The van der Waals surface area contributed by atoms with Gasteiger partial charge in [0.1, 0.15) is 11.6 Å². The molecule has 10 heteroatoms. The van der Waals surface area contributed by atoms with Crippen molar-refractivity contribution in [1.82, 2.24) is 25.2 Å². The average molecular weight is 601 g/mol. The first-order valence-electron chi connectivity index (χ1n) is 14.3. The molecule has 5 heterocycles. The molecular weight excluding hydrogens is 569 g/mol. The van der Waals surface area contributed by atoms with Crippen molar-refractivity contribution < 1.29 is 13.2 Å². The summed E-state index contributed by atoms with van der Waals surface area (Å²) in [4.78, 5) is 17.0. The minimum Gasteiger partial charge on any atom is -0.402 e. The highest BCUT2D eigenvalue weighted by Gasteiger charge is 2.38. The minimum absolute atomic E-state index is 0.147. The highest BCUT2D eigenvalue weighted by molar-refractivity contribution is 7.13. The van der Waals surface area contributed by atoms with Crippen LogP contribution in [0.25, 0.3) is 22.3 Å². The molecule has 43 heavy (non-hydrogen) atoms. The molecular formula is C33H31F3N6S. The van der Waals surface area contributed by atoms with Gasteiger partial charge >= 0.3 is 0 Å². The summed E-state index contributed by atoms with van der Waals surface area (Å²) in [6.07, 6.45) is 9.72. The van der Waals surface area contributed by atoms with Gasteiger partial charge in [-0.05, 0) is 66.1 Å². The van der Waals surface area contributed by atoms with Crippen molar-refractivity contribution in [3.8, 4) is 11.1 Å². The lowest BCUT2D eigenvalue weighted by atomic mass is 9.94. The molecule has 220 valence electrons. The summed E-state index contributed by atoms with van der Waals surface area (Å²) in [5.74, 6) is -2.33. The van der Waals surface area contributed by atoms with Crippen molar-refractivity contribution in [3.05, 3.63) is 116 Å². The molecule has 4 aromatic rings. The van der Waals surface area contributed by atoms with Crippen LogP contribution < -0.4 is 11.1 Å². The molecule has 0 spiro atoms. The fourth-order valence-corrected chi connectivity index (χ4v) is 6.96. The van der Waals surface area contributed by atoms with E-state index in [-0.39, 0.29) is 18.8 Å². The van der Waals surface area contributed by atoms with E-state index in [2.05, 4.69) is 40.4 Å². The van der Waals surface area contributed by atoms with Crippen molar-refractivity contribution >= 4 is 22.5 Å². The second-order valence-electron chi connectivity index (χ2n) is 11.5. The molecule has 0 bridgehead atoms. The Balaban J connectivity index is 1.26. The van der Waals surface area contributed by atoms with E-state index in [4.69, 9.17) is 10.7 Å². The van der Waals surface area contributed by atoms with Gasteiger partial charge in [0, 0.05) is 94.8 Å². The van der Waals surface area contributed by atoms with Crippen molar-refractivity contribution in [3.63, 3.8) is 0 Å². The standard InChI is InChI=1S/C33H31F3N6S/c1-19-2-5-30(43-19)25-4-3-23(37)12-29-31(25)41-32(40-29)24-6-8-38-15-22-11-28(34)27(13-26(22)24)21-10-20(14-39-16-21)17-42-9-7-33(35,36)18-42/h2-6,10-11,13-14,16,38H,7-9,12,15,17-18,37H2,1H3,(H,40,41). The predicted molar refractivity (Wildman–Crippen MR) is 164 cm³/mol. The fourth-order valence-electron chi connectivity index (χ4n) is 6.07. The number of aryl methyl sites for hydroxylation is 1. The molecule has 7 rings (SSSR count). The first-order valence-corrected chi connectivity index (χ1v) is 15.1. The van der Waals surface area contributed by atoms with E-state index >= 15 is 4.39 Å². The number of aromatic amines is 1. The van der Waals surface area contributed by atoms with Crippen LogP contribution in [0.15, 0.2) is 66.7 Å². The number of hydrogen-bond donors (Lipinski definition) is 3. The van der Waals surface area contributed by atoms with Gasteiger partial charge in [0.15, 0.2) is 0 Å². The number of halogens is 3. The molecule has 2 aliphatic heterocycles. The molecule has 0 radical (unpaired) electrons. The van der Waals surface area contributed by atoms with E-state index in [9.17, 15) is 8.78 Å². The number of fused-ring (bicyclic) bond motifs is 2. The highest BCUT2D eigenvalue weighted by atomic mass is 32.1. The second kappa shape index (κ2) is 10.9. The van der Waals surface area contributed by atoms with Crippen LogP contribution in [0.4, 0.5) is 13.2 Å². The number of nitrogens with two attached hydrogens (primary N) is 1. The molecule has 3 aromatic heterocycles. The van der Waals surface area contributed by atoms with Gasteiger partial charge in [-0.1, -0.05) is 6.08 Å². The molecule has 1 fully saturated rings. The molecule has 4 N–H and O–H groups in total. The number of nitrogens with zero attached hydrogens (tertiary/aromatic N) is 3. The normalized spacial score (nSPS) is 18.3. The molecule has 6 nitrogen and oxygen atoms in total. The van der Waals surface area contributed by atoms with Gasteiger partial charge in [-0.2, -0.15) is 0 Å². The van der Waals surface area contributed by atoms with Crippen molar-refractivity contribution in [2.24, 2.45) is 5.73 Å². The van der Waals surface area contributed by atoms with Gasteiger partial charge in [0.25, 0.3) is 5.92 Å². The number of imidazole rings is 1. The van der Waals surface area contributed by atoms with E-state index in [0.29, 0.717) is 49.6 Å². The van der Waals surface area contributed by atoms with Gasteiger partial charge in [-0.15, -0.1) is 11.3 Å². The largest absolute Gasteiger partial charge is 0.402 e. The van der Waals surface area contributed by atoms with Crippen LogP contribution in [-0.2, 0) is 19.5 Å². The smallest absolute Gasteiger partial charge is 0.261 e. The number of alkyl halides is 2. The summed E-state index contributed by atoms with van der Waals surface area (Å²) in [5.41, 5.74) is 14.2. The van der Waals surface area contributed by atoms with Crippen LogP contribution in [0.3, 0.4) is 0 Å². The molecule has 0 saturated carbocycles. The van der Waals surface area contributed by atoms with E-state index in [1.165, 1.54) is 4.88 Å². The molecule has 0 amide bonds. The van der Waals surface area contributed by atoms with Crippen LogP contribution in [0, 0.1) is 12.7 Å². The summed E-state index contributed by atoms with van der Waals surface area (Å²) in [7, 11) is 0. The van der Waals surface area contributed by atoms with Crippen LogP contribution in [0.2, 0.25) is 0 Å². The van der Waals surface area contributed by atoms with Gasteiger partial charge in [0.2, 0.25) is 0 Å². The third kappa shape index (κ3) is 5.58. The lowest BCUT2D eigenvalue weighted by molar-refractivity contribution is 0.0115. The lowest BCUT2D eigenvalue weighted by Crippen LogP contribution is -2.24. The Labute approximate surface area is 251 Å².